The van der Waals surface area contributed by atoms with Gasteiger partial charge in [-0.2, -0.15) is 0 Å². The summed E-state index contributed by atoms with van der Waals surface area (Å²) < 4.78 is 18.6. The van der Waals surface area contributed by atoms with Crippen LogP contribution in [0.5, 0.6) is 5.75 Å². The lowest BCUT2D eigenvalue weighted by atomic mass is 10.2. The number of carbonyl (C=O) groups excluding carboxylic acids is 2. The van der Waals surface area contributed by atoms with Crippen LogP contribution >= 0.6 is 0 Å². The molecule has 0 aliphatic carbocycles. The summed E-state index contributed by atoms with van der Waals surface area (Å²) in [5, 5.41) is 0. The highest BCUT2D eigenvalue weighted by Crippen LogP contribution is 2.19. The summed E-state index contributed by atoms with van der Waals surface area (Å²) in [6, 6.07) is 21.1. The number of para-hydroxylation sites is 1. The van der Waals surface area contributed by atoms with Crippen LogP contribution in [0.2, 0.25) is 0 Å². The van der Waals surface area contributed by atoms with Crippen LogP contribution in [0, 0.1) is 5.82 Å². The Hall–Kier alpha value is -3.67. The quantitative estimate of drug-likeness (QED) is 0.681. The Balaban J connectivity index is 1.63. The number of benzene rings is 3. The molecule has 0 aliphatic rings. The lowest BCUT2D eigenvalue weighted by molar-refractivity contribution is 0.0844. The van der Waals surface area contributed by atoms with Crippen molar-refractivity contribution < 1.29 is 18.7 Å². The second-order valence-corrected chi connectivity index (χ2v) is 5.69. The molecule has 6 heteroatoms. The second-order valence-electron chi connectivity index (χ2n) is 5.69. The topological polar surface area (TPSA) is 67.4 Å². The molecule has 0 saturated carbocycles. The van der Waals surface area contributed by atoms with Crippen LogP contribution in [-0.2, 0) is 6.61 Å². The molecule has 0 bridgehead atoms. The molecule has 136 valence electrons. The van der Waals surface area contributed by atoms with Crippen LogP contribution in [0.3, 0.4) is 0 Å². The highest BCUT2D eigenvalue weighted by atomic mass is 19.1. The Labute approximate surface area is 155 Å². The number of halogens is 1. The van der Waals surface area contributed by atoms with Crippen LogP contribution in [0.25, 0.3) is 0 Å². The molecule has 5 nitrogen and oxygen atoms in total. The van der Waals surface area contributed by atoms with E-state index >= 15 is 0 Å². The molecule has 0 unspecified atom stereocenters. The van der Waals surface area contributed by atoms with E-state index < -0.39 is 11.8 Å². The van der Waals surface area contributed by atoms with Crippen molar-refractivity contribution in [1.29, 1.82) is 0 Å². The zero-order valence-electron chi connectivity index (χ0n) is 14.3. The first-order valence-corrected chi connectivity index (χ1v) is 8.25. The molecule has 0 atom stereocenters. The number of hydrogen-bond donors (Lipinski definition) is 2. The summed E-state index contributed by atoms with van der Waals surface area (Å²) in [5.41, 5.74) is 6.21. The third-order valence-electron chi connectivity index (χ3n) is 3.76. The number of nitrogens with one attached hydrogen (secondary N) is 2. The van der Waals surface area contributed by atoms with E-state index in [4.69, 9.17) is 4.74 Å². The Morgan fingerprint density at radius 2 is 1.41 bits per heavy atom. The van der Waals surface area contributed by atoms with Crippen LogP contribution in [0.15, 0.2) is 78.9 Å². The molecule has 2 amide bonds. The third-order valence-corrected chi connectivity index (χ3v) is 3.76. The van der Waals surface area contributed by atoms with Gasteiger partial charge in [-0.25, -0.2) is 4.39 Å². The highest BCUT2D eigenvalue weighted by Gasteiger charge is 2.13. The maximum absolute atomic E-state index is 13.0. The fourth-order valence-corrected chi connectivity index (χ4v) is 2.36. The third kappa shape index (κ3) is 4.92. The molecule has 0 spiro atoms. The molecular formula is C21H17FN2O3. The molecule has 0 aromatic heterocycles. The normalized spacial score (nSPS) is 10.1. The minimum atomic E-state index is -0.506. The van der Waals surface area contributed by atoms with Gasteiger partial charge in [-0.15, -0.1) is 0 Å². The lowest BCUT2D eigenvalue weighted by Gasteiger charge is -2.12. The standard InChI is InChI=1S/C21H17FN2O3/c22-17-12-10-15(11-13-17)14-27-19-9-5-4-8-18(19)21(26)24-23-20(25)16-6-2-1-3-7-16/h1-13H,14H2,(H,23,25)(H,24,26). The number of carbonyl (C=O) groups is 2. The van der Waals surface area contributed by atoms with Gasteiger partial charge >= 0.3 is 0 Å². The van der Waals surface area contributed by atoms with Crippen molar-refractivity contribution in [2.45, 2.75) is 6.61 Å². The summed E-state index contributed by atoms with van der Waals surface area (Å²) in [7, 11) is 0. The SMILES string of the molecule is O=C(NNC(=O)c1ccccc1OCc1ccc(F)cc1)c1ccccc1. The van der Waals surface area contributed by atoms with E-state index in [1.54, 1.807) is 66.7 Å². The van der Waals surface area contributed by atoms with E-state index in [1.165, 1.54) is 12.1 Å². The van der Waals surface area contributed by atoms with E-state index in [0.717, 1.165) is 5.56 Å². The minimum absolute atomic E-state index is 0.181. The number of hydrogen-bond acceptors (Lipinski definition) is 3. The smallest absolute Gasteiger partial charge is 0.273 e. The molecule has 0 fully saturated rings. The Kier molecular flexibility index (Phi) is 5.79. The van der Waals surface area contributed by atoms with Gasteiger partial charge in [0, 0.05) is 5.56 Å². The van der Waals surface area contributed by atoms with Crippen molar-refractivity contribution in [3.8, 4) is 5.75 Å². The molecular weight excluding hydrogens is 347 g/mol. The fraction of sp³-hybridized carbons (Fsp3) is 0.0476. The minimum Gasteiger partial charge on any atom is -0.488 e. The number of amides is 2. The molecule has 0 radical (unpaired) electrons. The van der Waals surface area contributed by atoms with Gasteiger partial charge in [0.05, 0.1) is 5.56 Å². The van der Waals surface area contributed by atoms with Crippen molar-refractivity contribution in [1.82, 2.24) is 10.9 Å². The summed E-state index contributed by atoms with van der Waals surface area (Å²) in [4.78, 5) is 24.4. The predicted molar refractivity (Wildman–Crippen MR) is 98.5 cm³/mol. The average Bonchev–Trinajstić information content (AvgIpc) is 2.72. The van der Waals surface area contributed by atoms with Gasteiger partial charge in [0.2, 0.25) is 0 Å². The van der Waals surface area contributed by atoms with Crippen molar-refractivity contribution in [2.75, 3.05) is 0 Å². The molecule has 0 heterocycles. The zero-order chi connectivity index (χ0) is 19.1. The van der Waals surface area contributed by atoms with Crippen molar-refractivity contribution >= 4 is 11.8 Å². The summed E-state index contributed by atoms with van der Waals surface area (Å²) in [6.07, 6.45) is 0. The zero-order valence-corrected chi connectivity index (χ0v) is 14.3. The van der Waals surface area contributed by atoms with Gasteiger partial charge in [-0.1, -0.05) is 42.5 Å². The fourth-order valence-electron chi connectivity index (χ4n) is 2.36. The Bertz CT molecular complexity index is 928. The maximum atomic E-state index is 13.0. The first-order chi connectivity index (χ1) is 13.1. The highest BCUT2D eigenvalue weighted by molar-refractivity contribution is 6.00. The van der Waals surface area contributed by atoms with Gasteiger partial charge < -0.3 is 4.74 Å². The monoisotopic (exact) mass is 364 g/mol. The average molecular weight is 364 g/mol. The second kappa shape index (κ2) is 8.62. The maximum Gasteiger partial charge on any atom is 0.273 e. The Morgan fingerprint density at radius 3 is 2.15 bits per heavy atom. The lowest BCUT2D eigenvalue weighted by Crippen LogP contribution is -2.41. The van der Waals surface area contributed by atoms with Crippen molar-refractivity contribution in [3.05, 3.63) is 101 Å². The van der Waals surface area contributed by atoms with Gasteiger partial charge in [0.25, 0.3) is 11.8 Å². The Morgan fingerprint density at radius 1 is 0.778 bits per heavy atom. The van der Waals surface area contributed by atoms with E-state index in [0.29, 0.717) is 11.3 Å². The van der Waals surface area contributed by atoms with E-state index in [9.17, 15) is 14.0 Å². The predicted octanol–water partition coefficient (Wildman–Crippen LogP) is 3.48. The van der Waals surface area contributed by atoms with Crippen LogP contribution in [0.4, 0.5) is 4.39 Å². The molecule has 2 N–H and O–H groups in total. The number of ether oxygens (including phenoxy) is 1. The summed E-state index contributed by atoms with van der Waals surface area (Å²) >= 11 is 0. The van der Waals surface area contributed by atoms with E-state index in [-0.39, 0.29) is 18.0 Å². The van der Waals surface area contributed by atoms with Gasteiger partial charge in [0.15, 0.2) is 0 Å². The van der Waals surface area contributed by atoms with Gasteiger partial charge in [-0.05, 0) is 42.0 Å². The first-order valence-electron chi connectivity index (χ1n) is 8.25. The molecule has 3 rings (SSSR count). The molecule has 0 aliphatic heterocycles. The molecule has 0 saturated heterocycles. The number of hydrazine groups is 1. The van der Waals surface area contributed by atoms with Crippen molar-refractivity contribution in [2.24, 2.45) is 0 Å². The largest absolute Gasteiger partial charge is 0.488 e. The first kappa shape index (κ1) is 18.1. The van der Waals surface area contributed by atoms with Crippen LogP contribution < -0.4 is 15.6 Å². The number of rotatable bonds is 5. The molecule has 3 aromatic carbocycles. The van der Waals surface area contributed by atoms with Gasteiger partial charge in [-0.3, -0.25) is 20.4 Å². The van der Waals surface area contributed by atoms with Gasteiger partial charge in [0.1, 0.15) is 18.2 Å². The van der Waals surface area contributed by atoms with E-state index in [2.05, 4.69) is 10.9 Å². The van der Waals surface area contributed by atoms with E-state index in [1.807, 2.05) is 0 Å². The van der Waals surface area contributed by atoms with Crippen molar-refractivity contribution in [3.63, 3.8) is 0 Å². The summed E-state index contributed by atoms with van der Waals surface area (Å²) in [6.45, 7) is 0.181. The van der Waals surface area contributed by atoms with Crippen LogP contribution in [0.1, 0.15) is 26.3 Å². The summed E-state index contributed by atoms with van der Waals surface area (Å²) in [5.74, 6) is -0.899. The van der Waals surface area contributed by atoms with Crippen LogP contribution in [-0.4, -0.2) is 11.8 Å². The molecule has 3 aromatic rings. The molecule has 27 heavy (non-hydrogen) atoms.